The van der Waals surface area contributed by atoms with E-state index in [1.54, 1.807) is 13.2 Å². The number of carbonyl (C=O) groups is 1. The molecule has 1 amide bonds. The molecule has 1 aliphatic rings. The molecule has 4 nitrogen and oxygen atoms in total. The lowest BCUT2D eigenvalue weighted by molar-refractivity contribution is -0.118. The average molecular weight is 258 g/mol. The van der Waals surface area contributed by atoms with Crippen LogP contribution < -0.4 is 14.8 Å². The summed E-state index contributed by atoms with van der Waals surface area (Å²) in [5.41, 5.74) is 0.582. The van der Waals surface area contributed by atoms with Crippen molar-refractivity contribution in [1.82, 2.24) is 0 Å². The largest absolute Gasteiger partial charge is 0.493 e. The molecule has 2 rings (SSSR count). The smallest absolute Gasteiger partial charge is 0.262 e. The Morgan fingerprint density at radius 2 is 2.36 bits per heavy atom. The Morgan fingerprint density at radius 3 is 3.07 bits per heavy atom. The Morgan fingerprint density at radius 1 is 1.57 bits per heavy atom. The van der Waals surface area contributed by atoms with Crippen LogP contribution in [0.2, 0.25) is 0 Å². The number of nitrogens with one attached hydrogen (secondary N) is 1. The maximum absolute atomic E-state index is 11.1. The van der Waals surface area contributed by atoms with Crippen molar-refractivity contribution in [3.05, 3.63) is 16.6 Å². The molecule has 5 heteroatoms. The molecule has 14 heavy (non-hydrogen) atoms. The van der Waals surface area contributed by atoms with Crippen LogP contribution in [0.15, 0.2) is 16.6 Å². The number of fused-ring (bicyclic) bond motifs is 1. The Labute approximate surface area is 89.3 Å². The summed E-state index contributed by atoms with van der Waals surface area (Å²) in [5.74, 6) is 1.04. The summed E-state index contributed by atoms with van der Waals surface area (Å²) in [5, 5.41) is 2.70. The third kappa shape index (κ3) is 1.43. The molecule has 0 spiro atoms. The van der Waals surface area contributed by atoms with Gasteiger partial charge in [-0.15, -0.1) is 0 Å². The molecular formula is C9H8BrNO3. The lowest BCUT2D eigenvalue weighted by Gasteiger charge is -2.20. The average Bonchev–Trinajstić information content (AvgIpc) is 2.17. The summed E-state index contributed by atoms with van der Waals surface area (Å²) in [6.45, 7) is 0.0534. The molecule has 0 fully saturated rings. The molecule has 0 aliphatic carbocycles. The van der Waals surface area contributed by atoms with Crippen molar-refractivity contribution < 1.29 is 14.3 Å². The van der Waals surface area contributed by atoms with Crippen molar-refractivity contribution in [2.75, 3.05) is 19.0 Å². The third-order valence-corrected chi connectivity index (χ3v) is 2.52. The highest BCUT2D eigenvalue weighted by Crippen LogP contribution is 2.41. The second kappa shape index (κ2) is 3.49. The van der Waals surface area contributed by atoms with E-state index in [4.69, 9.17) is 9.47 Å². The molecule has 0 aromatic heterocycles. The van der Waals surface area contributed by atoms with Crippen LogP contribution in [-0.4, -0.2) is 19.6 Å². The van der Waals surface area contributed by atoms with Crippen LogP contribution in [0.5, 0.6) is 11.5 Å². The Bertz CT molecular complexity index is 392. The summed E-state index contributed by atoms with van der Waals surface area (Å²) >= 11 is 3.32. The fourth-order valence-electron chi connectivity index (χ4n) is 1.30. The van der Waals surface area contributed by atoms with Crippen LogP contribution in [0.3, 0.4) is 0 Å². The SMILES string of the molecule is COc1c(Br)ccc2c1NC(=O)CO2. The normalized spacial score (nSPS) is 14.0. The highest BCUT2D eigenvalue weighted by molar-refractivity contribution is 9.10. The minimum absolute atomic E-state index is 0.0534. The number of hydrogen-bond donors (Lipinski definition) is 1. The van der Waals surface area contributed by atoms with Gasteiger partial charge >= 0.3 is 0 Å². The number of amides is 1. The molecule has 1 aromatic carbocycles. The van der Waals surface area contributed by atoms with Gasteiger partial charge in [-0.25, -0.2) is 0 Å². The fraction of sp³-hybridized carbons (Fsp3) is 0.222. The number of anilines is 1. The third-order valence-electron chi connectivity index (χ3n) is 1.90. The first-order chi connectivity index (χ1) is 6.72. The zero-order valence-electron chi connectivity index (χ0n) is 7.46. The standard InChI is InChI=1S/C9H8BrNO3/c1-13-9-5(10)2-3-6-8(9)11-7(12)4-14-6/h2-3H,4H2,1H3,(H,11,12). The van der Waals surface area contributed by atoms with E-state index in [1.807, 2.05) is 6.07 Å². The van der Waals surface area contributed by atoms with Gasteiger partial charge in [0.05, 0.1) is 11.6 Å². The Hall–Kier alpha value is -1.23. The summed E-state index contributed by atoms with van der Waals surface area (Å²) in [6.07, 6.45) is 0. The molecule has 1 aliphatic heterocycles. The lowest BCUT2D eigenvalue weighted by atomic mass is 10.2. The van der Waals surface area contributed by atoms with Crippen LogP contribution in [0.1, 0.15) is 0 Å². The van der Waals surface area contributed by atoms with Crippen molar-refractivity contribution >= 4 is 27.5 Å². The molecule has 0 saturated heterocycles. The van der Waals surface area contributed by atoms with Gasteiger partial charge in [0.25, 0.3) is 5.91 Å². The minimum Gasteiger partial charge on any atom is -0.493 e. The van der Waals surface area contributed by atoms with Gasteiger partial charge in [0.15, 0.2) is 12.4 Å². The summed E-state index contributed by atoms with van der Waals surface area (Å²) in [4.78, 5) is 11.1. The lowest BCUT2D eigenvalue weighted by Crippen LogP contribution is -2.25. The van der Waals surface area contributed by atoms with Crippen molar-refractivity contribution in [1.29, 1.82) is 0 Å². The Balaban J connectivity index is 2.54. The van der Waals surface area contributed by atoms with Crippen molar-refractivity contribution in [3.63, 3.8) is 0 Å². The van der Waals surface area contributed by atoms with Crippen LogP contribution in [0.25, 0.3) is 0 Å². The van der Waals surface area contributed by atoms with Gasteiger partial charge in [-0.3, -0.25) is 4.79 Å². The predicted molar refractivity (Wildman–Crippen MR) is 54.8 cm³/mol. The predicted octanol–water partition coefficient (Wildman–Crippen LogP) is 1.79. The summed E-state index contributed by atoms with van der Waals surface area (Å²) < 4.78 is 11.2. The van der Waals surface area contributed by atoms with E-state index in [-0.39, 0.29) is 12.5 Å². The molecule has 1 heterocycles. The number of halogens is 1. The number of rotatable bonds is 1. The molecule has 1 N–H and O–H groups in total. The zero-order chi connectivity index (χ0) is 10.1. The van der Waals surface area contributed by atoms with Crippen molar-refractivity contribution in [2.45, 2.75) is 0 Å². The quantitative estimate of drug-likeness (QED) is 0.835. The van der Waals surface area contributed by atoms with Gasteiger partial charge in [0, 0.05) is 0 Å². The Kier molecular flexibility index (Phi) is 2.33. The molecule has 0 radical (unpaired) electrons. The molecule has 0 bridgehead atoms. The van der Waals surface area contributed by atoms with Gasteiger partial charge in [-0.05, 0) is 28.1 Å². The van der Waals surface area contributed by atoms with Gasteiger partial charge < -0.3 is 14.8 Å². The molecule has 0 atom stereocenters. The minimum atomic E-state index is -0.172. The first-order valence-electron chi connectivity index (χ1n) is 4.01. The van der Waals surface area contributed by atoms with E-state index in [9.17, 15) is 4.79 Å². The maximum Gasteiger partial charge on any atom is 0.262 e. The van der Waals surface area contributed by atoms with Gasteiger partial charge in [0.1, 0.15) is 11.4 Å². The van der Waals surface area contributed by atoms with Crippen LogP contribution >= 0.6 is 15.9 Å². The van der Waals surface area contributed by atoms with E-state index in [0.29, 0.717) is 17.2 Å². The molecule has 74 valence electrons. The van der Waals surface area contributed by atoms with Gasteiger partial charge in [0.2, 0.25) is 0 Å². The first kappa shape index (κ1) is 9.33. The summed E-state index contributed by atoms with van der Waals surface area (Å²) in [6, 6.07) is 3.59. The van der Waals surface area contributed by atoms with E-state index in [0.717, 1.165) is 4.47 Å². The molecule has 1 aromatic rings. The van der Waals surface area contributed by atoms with Crippen LogP contribution in [0, 0.1) is 0 Å². The van der Waals surface area contributed by atoms with Crippen molar-refractivity contribution in [2.24, 2.45) is 0 Å². The molecule has 0 unspecified atom stereocenters. The van der Waals surface area contributed by atoms with E-state index in [1.165, 1.54) is 0 Å². The fourth-order valence-corrected chi connectivity index (χ4v) is 1.79. The number of carbonyl (C=O) groups excluding carboxylic acids is 1. The zero-order valence-corrected chi connectivity index (χ0v) is 9.05. The second-order valence-electron chi connectivity index (χ2n) is 2.79. The highest BCUT2D eigenvalue weighted by atomic mass is 79.9. The number of benzene rings is 1. The van der Waals surface area contributed by atoms with Crippen LogP contribution in [0.4, 0.5) is 5.69 Å². The monoisotopic (exact) mass is 257 g/mol. The van der Waals surface area contributed by atoms with E-state index in [2.05, 4.69) is 21.2 Å². The van der Waals surface area contributed by atoms with Gasteiger partial charge in [-0.2, -0.15) is 0 Å². The van der Waals surface area contributed by atoms with E-state index >= 15 is 0 Å². The second-order valence-corrected chi connectivity index (χ2v) is 3.64. The topological polar surface area (TPSA) is 47.6 Å². The first-order valence-corrected chi connectivity index (χ1v) is 4.81. The number of ether oxygens (including phenoxy) is 2. The number of hydrogen-bond acceptors (Lipinski definition) is 3. The maximum atomic E-state index is 11.1. The molecular weight excluding hydrogens is 250 g/mol. The highest BCUT2D eigenvalue weighted by Gasteiger charge is 2.21. The van der Waals surface area contributed by atoms with Crippen LogP contribution in [-0.2, 0) is 4.79 Å². The number of methoxy groups -OCH3 is 1. The molecule has 0 saturated carbocycles. The van der Waals surface area contributed by atoms with Gasteiger partial charge in [-0.1, -0.05) is 0 Å². The summed E-state index contributed by atoms with van der Waals surface area (Å²) in [7, 11) is 1.54. The van der Waals surface area contributed by atoms with Crippen molar-refractivity contribution in [3.8, 4) is 11.5 Å². The van der Waals surface area contributed by atoms with E-state index < -0.39 is 0 Å².